The molecule has 4 N–H and O–H groups in total. The number of carbonyl (C=O) groups is 2. The highest BCUT2D eigenvalue weighted by Crippen LogP contribution is 2.30. The van der Waals surface area contributed by atoms with Crippen molar-refractivity contribution in [3.8, 4) is 23.0 Å². The molecule has 0 saturated carbocycles. The van der Waals surface area contributed by atoms with Crippen molar-refractivity contribution < 1.29 is 27.5 Å². The molecule has 0 unspecified atom stereocenters. The van der Waals surface area contributed by atoms with Gasteiger partial charge in [0.2, 0.25) is 11.8 Å². The zero-order chi connectivity index (χ0) is 23.6. The van der Waals surface area contributed by atoms with Gasteiger partial charge in [0.15, 0.2) is 5.82 Å². The summed E-state index contributed by atoms with van der Waals surface area (Å²) < 4.78 is 43.4. The number of aromatic nitrogens is 3. The van der Waals surface area contributed by atoms with E-state index in [-0.39, 0.29) is 29.1 Å². The Balaban J connectivity index is 1.54. The van der Waals surface area contributed by atoms with Crippen molar-refractivity contribution in [3.05, 3.63) is 59.9 Å². The summed E-state index contributed by atoms with van der Waals surface area (Å²) in [4.78, 5) is 35.7. The van der Waals surface area contributed by atoms with E-state index in [1.165, 1.54) is 6.07 Å². The number of amides is 2. The van der Waals surface area contributed by atoms with Crippen molar-refractivity contribution in [2.24, 2.45) is 5.73 Å². The Morgan fingerprint density at radius 2 is 1.91 bits per heavy atom. The van der Waals surface area contributed by atoms with Gasteiger partial charge in [-0.05, 0) is 36.8 Å². The fourth-order valence-corrected chi connectivity index (χ4v) is 3.09. The van der Waals surface area contributed by atoms with Crippen LogP contribution in [0.2, 0.25) is 0 Å². The summed E-state index contributed by atoms with van der Waals surface area (Å²) >= 11 is 0. The molecule has 1 aliphatic rings. The molecule has 33 heavy (non-hydrogen) atoms. The number of halogens is 3. The van der Waals surface area contributed by atoms with Gasteiger partial charge >= 0.3 is 6.18 Å². The van der Waals surface area contributed by atoms with Crippen LogP contribution in [0, 0.1) is 0 Å². The predicted molar refractivity (Wildman–Crippen MR) is 110 cm³/mol. The van der Waals surface area contributed by atoms with Crippen LogP contribution < -0.4 is 21.1 Å². The van der Waals surface area contributed by atoms with Gasteiger partial charge in [0.05, 0.1) is 5.56 Å². The van der Waals surface area contributed by atoms with Crippen LogP contribution in [0.5, 0.6) is 11.6 Å². The number of hydrogen-bond acceptors (Lipinski definition) is 7. The first kappa shape index (κ1) is 22.0. The molecule has 1 aliphatic heterocycles. The highest BCUT2D eigenvalue weighted by molar-refractivity contribution is 5.92. The maximum absolute atomic E-state index is 12.6. The van der Waals surface area contributed by atoms with Crippen molar-refractivity contribution in [1.29, 1.82) is 0 Å². The van der Waals surface area contributed by atoms with Crippen molar-refractivity contribution in [2.75, 3.05) is 11.9 Å². The molecule has 4 rings (SSSR count). The average molecular weight is 458 g/mol. The van der Waals surface area contributed by atoms with Gasteiger partial charge in [0.1, 0.15) is 23.3 Å². The molecule has 12 heteroatoms. The Labute approximate surface area is 185 Å². The average Bonchev–Trinajstić information content (AvgIpc) is 3.18. The van der Waals surface area contributed by atoms with Crippen LogP contribution in [0.1, 0.15) is 22.5 Å². The monoisotopic (exact) mass is 458 g/mol. The molecule has 170 valence electrons. The first-order valence-electron chi connectivity index (χ1n) is 9.74. The normalized spacial score (nSPS) is 15.7. The Hall–Kier alpha value is -4.22. The number of anilines is 1. The number of alkyl halides is 3. The van der Waals surface area contributed by atoms with Gasteiger partial charge < -0.3 is 21.1 Å². The Morgan fingerprint density at radius 1 is 1.15 bits per heavy atom. The Bertz CT molecular complexity index is 1180. The van der Waals surface area contributed by atoms with E-state index in [2.05, 4.69) is 25.6 Å². The molecule has 3 heterocycles. The van der Waals surface area contributed by atoms with E-state index < -0.39 is 23.7 Å². The zero-order valence-corrected chi connectivity index (χ0v) is 16.9. The number of hydrogen-bond donors (Lipinski definition) is 3. The number of ether oxygens (including phenoxy) is 1. The van der Waals surface area contributed by atoms with E-state index in [9.17, 15) is 22.8 Å². The van der Waals surface area contributed by atoms with Gasteiger partial charge in [-0.3, -0.25) is 9.59 Å². The molecule has 2 aromatic heterocycles. The third-order valence-electron chi connectivity index (χ3n) is 4.75. The van der Waals surface area contributed by atoms with Gasteiger partial charge in [0.25, 0.3) is 5.91 Å². The maximum Gasteiger partial charge on any atom is 0.417 e. The lowest BCUT2D eigenvalue weighted by molar-refractivity contribution is -0.137. The summed E-state index contributed by atoms with van der Waals surface area (Å²) in [5.74, 6) is -0.168. The van der Waals surface area contributed by atoms with Crippen LogP contribution >= 0.6 is 0 Å². The largest absolute Gasteiger partial charge is 0.439 e. The minimum absolute atomic E-state index is 0.0101. The highest BCUT2D eigenvalue weighted by atomic mass is 19.4. The first-order chi connectivity index (χ1) is 15.7. The number of rotatable bonds is 6. The molecule has 0 spiro atoms. The molecule has 3 aromatic rings. The van der Waals surface area contributed by atoms with Crippen molar-refractivity contribution in [3.63, 3.8) is 0 Å². The van der Waals surface area contributed by atoms with Gasteiger partial charge in [0, 0.05) is 30.4 Å². The second-order valence-electron chi connectivity index (χ2n) is 7.11. The van der Waals surface area contributed by atoms with E-state index in [1.54, 1.807) is 24.3 Å². The minimum Gasteiger partial charge on any atom is -0.439 e. The SMILES string of the molecule is NC(=O)c1cc(N[C@@H]2CCNC2=O)nc(-c2ccc(Oc3ccc(C(F)(F)F)cn3)cc2)n1. The lowest BCUT2D eigenvalue weighted by atomic mass is 10.2. The summed E-state index contributed by atoms with van der Waals surface area (Å²) in [7, 11) is 0. The molecule has 1 atom stereocenters. The zero-order valence-electron chi connectivity index (χ0n) is 16.9. The fraction of sp³-hybridized carbons (Fsp3) is 0.190. The number of benzene rings is 1. The Kier molecular flexibility index (Phi) is 5.82. The quantitative estimate of drug-likeness (QED) is 0.517. The topological polar surface area (TPSA) is 132 Å². The third kappa shape index (κ3) is 5.17. The van der Waals surface area contributed by atoms with Crippen molar-refractivity contribution >= 4 is 17.6 Å². The number of nitrogens with two attached hydrogens (primary N) is 1. The first-order valence-corrected chi connectivity index (χ1v) is 9.74. The van der Waals surface area contributed by atoms with E-state index in [1.807, 2.05) is 0 Å². The number of nitrogens with zero attached hydrogens (tertiary/aromatic N) is 3. The lowest BCUT2D eigenvalue weighted by Gasteiger charge is -2.13. The highest BCUT2D eigenvalue weighted by Gasteiger charge is 2.30. The summed E-state index contributed by atoms with van der Waals surface area (Å²) in [6, 6.07) is 9.17. The van der Waals surface area contributed by atoms with Gasteiger partial charge in [-0.2, -0.15) is 13.2 Å². The van der Waals surface area contributed by atoms with E-state index in [0.717, 1.165) is 12.1 Å². The van der Waals surface area contributed by atoms with E-state index in [4.69, 9.17) is 10.5 Å². The molecular formula is C21H17F3N6O3. The Morgan fingerprint density at radius 3 is 2.48 bits per heavy atom. The molecule has 0 bridgehead atoms. The van der Waals surface area contributed by atoms with Crippen molar-refractivity contribution in [1.82, 2.24) is 20.3 Å². The summed E-state index contributed by atoms with van der Waals surface area (Å²) in [5.41, 5.74) is 4.99. The van der Waals surface area contributed by atoms with Gasteiger partial charge in [-0.1, -0.05) is 0 Å². The summed E-state index contributed by atoms with van der Waals surface area (Å²) in [5, 5.41) is 5.67. The number of carbonyl (C=O) groups excluding carboxylic acids is 2. The van der Waals surface area contributed by atoms with Crippen molar-refractivity contribution in [2.45, 2.75) is 18.6 Å². The van der Waals surface area contributed by atoms with Crippen LogP contribution in [-0.2, 0) is 11.0 Å². The third-order valence-corrected chi connectivity index (χ3v) is 4.75. The molecule has 2 amide bonds. The summed E-state index contributed by atoms with van der Waals surface area (Å²) in [6.07, 6.45) is -3.23. The lowest BCUT2D eigenvalue weighted by Crippen LogP contribution is -2.30. The van der Waals surface area contributed by atoms with E-state index >= 15 is 0 Å². The molecular weight excluding hydrogens is 441 g/mol. The van der Waals surface area contributed by atoms with Crippen LogP contribution in [0.25, 0.3) is 11.4 Å². The summed E-state index contributed by atoms with van der Waals surface area (Å²) in [6.45, 7) is 0.534. The van der Waals surface area contributed by atoms with Gasteiger partial charge in [-0.25, -0.2) is 15.0 Å². The molecule has 9 nitrogen and oxygen atoms in total. The predicted octanol–water partition coefficient (Wildman–Crippen LogP) is 2.75. The number of nitrogens with one attached hydrogen (secondary N) is 2. The maximum atomic E-state index is 12.6. The minimum atomic E-state index is -4.48. The van der Waals surface area contributed by atoms with Crippen LogP contribution in [0.4, 0.5) is 19.0 Å². The number of pyridine rings is 1. The smallest absolute Gasteiger partial charge is 0.417 e. The molecule has 0 radical (unpaired) electrons. The molecule has 1 aromatic carbocycles. The second-order valence-corrected chi connectivity index (χ2v) is 7.11. The number of primary amides is 1. The molecule has 1 fully saturated rings. The van der Waals surface area contributed by atoms with E-state index in [0.29, 0.717) is 30.5 Å². The van der Waals surface area contributed by atoms with Crippen LogP contribution in [-0.4, -0.2) is 39.4 Å². The molecule has 0 aliphatic carbocycles. The van der Waals surface area contributed by atoms with Gasteiger partial charge in [-0.15, -0.1) is 0 Å². The molecule has 1 saturated heterocycles. The van der Waals surface area contributed by atoms with Crippen LogP contribution in [0.3, 0.4) is 0 Å². The fourth-order valence-electron chi connectivity index (χ4n) is 3.09. The second kappa shape index (κ2) is 8.73. The van der Waals surface area contributed by atoms with Crippen LogP contribution in [0.15, 0.2) is 48.7 Å². The standard InChI is InChI=1S/C21H17F3N6O3/c22-21(23,24)12-3-6-17(27-10-12)33-13-4-1-11(2-5-13)19-29-15(18(25)31)9-16(30-19)28-14-7-8-26-20(14)32/h1-6,9-10,14H,7-8H2,(H2,25,31)(H,26,32)(H,28,29,30)/t14-/m1/s1.